The van der Waals surface area contributed by atoms with Gasteiger partial charge in [-0.3, -0.25) is 14.4 Å². The molecule has 1 amide bonds. The standard InChI is InChI=1S/C17H16N2O7/c1-9(20)26-15(17(23)24)14-16(22)19(6-7-25-14)11-3-4-12-10(8-11)2-5-13(21)18-12/h2-5,8,14-15H,6-7H2,1H3,(H,18,21)(H,23,24)/t14-,15-/m1/s1. The van der Waals surface area contributed by atoms with Crippen molar-refractivity contribution in [2.75, 3.05) is 18.1 Å². The molecule has 1 aromatic carbocycles. The molecular formula is C17H16N2O7. The highest BCUT2D eigenvalue weighted by atomic mass is 16.6. The van der Waals surface area contributed by atoms with Gasteiger partial charge in [0.2, 0.25) is 11.7 Å². The predicted molar refractivity (Wildman–Crippen MR) is 89.9 cm³/mol. The number of hydrogen-bond donors (Lipinski definition) is 2. The summed E-state index contributed by atoms with van der Waals surface area (Å²) in [4.78, 5) is 50.6. The molecule has 1 aliphatic rings. The zero-order valence-corrected chi connectivity index (χ0v) is 13.8. The van der Waals surface area contributed by atoms with E-state index in [1.165, 1.54) is 11.0 Å². The zero-order valence-electron chi connectivity index (χ0n) is 13.8. The molecule has 26 heavy (non-hydrogen) atoms. The first kappa shape index (κ1) is 17.6. The van der Waals surface area contributed by atoms with Gasteiger partial charge in [0.05, 0.1) is 6.61 Å². The average Bonchev–Trinajstić information content (AvgIpc) is 2.59. The minimum Gasteiger partial charge on any atom is -0.478 e. The van der Waals surface area contributed by atoms with Crippen LogP contribution in [-0.4, -0.2) is 53.3 Å². The van der Waals surface area contributed by atoms with Crippen LogP contribution in [0.1, 0.15) is 6.92 Å². The summed E-state index contributed by atoms with van der Waals surface area (Å²) in [6, 6.07) is 7.99. The van der Waals surface area contributed by atoms with E-state index in [9.17, 15) is 24.3 Å². The number of rotatable bonds is 4. The number of benzene rings is 1. The summed E-state index contributed by atoms with van der Waals surface area (Å²) in [5.41, 5.74) is 0.898. The van der Waals surface area contributed by atoms with Crippen molar-refractivity contribution in [2.24, 2.45) is 0 Å². The third-order valence-electron chi connectivity index (χ3n) is 3.95. The molecule has 2 heterocycles. The fourth-order valence-electron chi connectivity index (χ4n) is 2.81. The van der Waals surface area contributed by atoms with Gasteiger partial charge < -0.3 is 24.5 Å². The Labute approximate surface area is 147 Å². The minimum absolute atomic E-state index is 0.0884. The number of aromatic nitrogens is 1. The van der Waals surface area contributed by atoms with Crippen molar-refractivity contribution < 1.29 is 29.0 Å². The molecule has 9 nitrogen and oxygen atoms in total. The zero-order chi connectivity index (χ0) is 18.8. The van der Waals surface area contributed by atoms with Crippen LogP contribution in [0.15, 0.2) is 35.1 Å². The Morgan fingerprint density at radius 2 is 2.08 bits per heavy atom. The predicted octanol–water partition coefficient (Wildman–Crippen LogP) is 0.276. The quantitative estimate of drug-likeness (QED) is 0.750. The maximum atomic E-state index is 12.7. The van der Waals surface area contributed by atoms with Crippen LogP contribution in [0.2, 0.25) is 0 Å². The molecule has 2 atom stereocenters. The summed E-state index contributed by atoms with van der Waals surface area (Å²) in [5, 5.41) is 9.97. The van der Waals surface area contributed by atoms with Gasteiger partial charge >= 0.3 is 11.9 Å². The number of carboxylic acids is 1. The fraction of sp³-hybridized carbons (Fsp3) is 0.294. The van der Waals surface area contributed by atoms with Gasteiger partial charge in [0.15, 0.2) is 6.10 Å². The van der Waals surface area contributed by atoms with Crippen LogP contribution in [0.3, 0.4) is 0 Å². The van der Waals surface area contributed by atoms with E-state index in [0.29, 0.717) is 16.6 Å². The number of pyridine rings is 1. The van der Waals surface area contributed by atoms with Crippen LogP contribution < -0.4 is 10.5 Å². The van der Waals surface area contributed by atoms with Crippen molar-refractivity contribution in [3.8, 4) is 0 Å². The van der Waals surface area contributed by atoms with Gasteiger partial charge in [0.1, 0.15) is 0 Å². The lowest BCUT2D eigenvalue weighted by molar-refractivity contribution is -0.177. The topological polar surface area (TPSA) is 126 Å². The first-order valence-corrected chi connectivity index (χ1v) is 7.83. The van der Waals surface area contributed by atoms with E-state index >= 15 is 0 Å². The largest absolute Gasteiger partial charge is 0.478 e. The molecule has 3 rings (SSSR count). The highest BCUT2D eigenvalue weighted by Crippen LogP contribution is 2.24. The average molecular weight is 360 g/mol. The van der Waals surface area contributed by atoms with Crippen molar-refractivity contribution in [3.05, 3.63) is 40.7 Å². The number of ether oxygens (including phenoxy) is 2. The summed E-state index contributed by atoms with van der Waals surface area (Å²) in [6.45, 7) is 1.37. The van der Waals surface area contributed by atoms with Gasteiger partial charge in [0.25, 0.3) is 5.91 Å². The van der Waals surface area contributed by atoms with Crippen LogP contribution in [0.25, 0.3) is 10.9 Å². The summed E-state index contributed by atoms with van der Waals surface area (Å²) in [6.07, 6.45) is -3.16. The molecular weight excluding hydrogens is 344 g/mol. The smallest absolute Gasteiger partial charge is 0.348 e. The van der Waals surface area contributed by atoms with Gasteiger partial charge in [-0.2, -0.15) is 0 Å². The van der Waals surface area contributed by atoms with Gasteiger partial charge in [-0.25, -0.2) is 4.79 Å². The van der Waals surface area contributed by atoms with Crippen molar-refractivity contribution in [2.45, 2.75) is 19.1 Å². The Bertz CT molecular complexity index is 936. The summed E-state index contributed by atoms with van der Waals surface area (Å²) < 4.78 is 10.0. The molecule has 1 aromatic heterocycles. The number of carbonyl (C=O) groups is 3. The Balaban J connectivity index is 1.91. The summed E-state index contributed by atoms with van der Waals surface area (Å²) in [7, 11) is 0. The highest BCUT2D eigenvalue weighted by Gasteiger charge is 2.42. The van der Waals surface area contributed by atoms with Crippen molar-refractivity contribution >= 4 is 34.4 Å². The number of morpholine rings is 1. The van der Waals surface area contributed by atoms with E-state index in [0.717, 1.165) is 6.92 Å². The lowest BCUT2D eigenvalue weighted by atomic mass is 10.1. The fourth-order valence-corrected chi connectivity index (χ4v) is 2.81. The minimum atomic E-state index is -1.72. The lowest BCUT2D eigenvalue weighted by Gasteiger charge is -2.34. The van der Waals surface area contributed by atoms with Crippen molar-refractivity contribution in [1.29, 1.82) is 0 Å². The molecule has 2 aromatic rings. The molecule has 0 spiro atoms. The first-order chi connectivity index (χ1) is 12.4. The van der Waals surface area contributed by atoms with E-state index in [2.05, 4.69) is 4.98 Å². The number of aliphatic carboxylic acids is 1. The molecule has 0 saturated carbocycles. The Kier molecular flexibility index (Phi) is 4.72. The van der Waals surface area contributed by atoms with Gasteiger partial charge in [-0.1, -0.05) is 0 Å². The molecule has 0 unspecified atom stereocenters. The van der Waals surface area contributed by atoms with Gasteiger partial charge in [-0.15, -0.1) is 0 Å². The van der Waals surface area contributed by atoms with Crippen LogP contribution in [0, 0.1) is 0 Å². The summed E-state index contributed by atoms with van der Waals surface area (Å²) in [5.74, 6) is -2.90. The molecule has 0 aliphatic carbocycles. The molecule has 1 fully saturated rings. The normalized spacial score (nSPS) is 18.6. The molecule has 0 bridgehead atoms. The number of carbonyl (C=O) groups excluding carboxylic acids is 2. The maximum absolute atomic E-state index is 12.7. The second kappa shape index (κ2) is 6.96. The molecule has 1 aliphatic heterocycles. The third kappa shape index (κ3) is 3.42. The Morgan fingerprint density at radius 3 is 2.77 bits per heavy atom. The van der Waals surface area contributed by atoms with Gasteiger partial charge in [0, 0.05) is 36.1 Å². The second-order valence-electron chi connectivity index (χ2n) is 5.74. The molecule has 136 valence electrons. The second-order valence-corrected chi connectivity index (χ2v) is 5.74. The highest BCUT2D eigenvalue weighted by molar-refractivity contribution is 6.01. The molecule has 9 heteroatoms. The van der Waals surface area contributed by atoms with E-state index in [4.69, 9.17) is 9.47 Å². The third-order valence-corrected chi connectivity index (χ3v) is 3.95. The van der Waals surface area contributed by atoms with Crippen molar-refractivity contribution in [3.63, 3.8) is 0 Å². The Morgan fingerprint density at radius 1 is 1.31 bits per heavy atom. The number of H-pyrrole nitrogens is 1. The van der Waals surface area contributed by atoms with E-state index in [1.54, 1.807) is 24.3 Å². The van der Waals surface area contributed by atoms with E-state index < -0.39 is 30.1 Å². The van der Waals surface area contributed by atoms with E-state index in [1.807, 2.05) is 0 Å². The van der Waals surface area contributed by atoms with Crippen molar-refractivity contribution in [1.82, 2.24) is 4.98 Å². The molecule has 1 saturated heterocycles. The molecule has 2 N–H and O–H groups in total. The number of fused-ring (bicyclic) bond motifs is 1. The number of nitrogens with one attached hydrogen (secondary N) is 1. The first-order valence-electron chi connectivity index (χ1n) is 7.83. The van der Waals surface area contributed by atoms with Crippen LogP contribution in [0.5, 0.6) is 0 Å². The number of hydrogen-bond acceptors (Lipinski definition) is 6. The van der Waals surface area contributed by atoms with E-state index in [-0.39, 0.29) is 18.7 Å². The number of aromatic amines is 1. The maximum Gasteiger partial charge on any atom is 0.348 e. The number of esters is 1. The monoisotopic (exact) mass is 360 g/mol. The SMILES string of the molecule is CC(=O)O[C@@H](C(=O)O)[C@H]1OCCN(c2ccc3[nH]c(=O)ccc3c2)C1=O. The number of amides is 1. The van der Waals surface area contributed by atoms with Gasteiger partial charge in [-0.05, 0) is 24.3 Å². The lowest BCUT2D eigenvalue weighted by Crippen LogP contribution is -2.55. The number of nitrogens with zero attached hydrogens (tertiary/aromatic N) is 1. The van der Waals surface area contributed by atoms with Crippen LogP contribution in [-0.2, 0) is 23.9 Å². The summed E-state index contributed by atoms with van der Waals surface area (Å²) >= 11 is 0. The Hall–Kier alpha value is -3.20. The van der Waals surface area contributed by atoms with Crippen LogP contribution in [0.4, 0.5) is 5.69 Å². The van der Waals surface area contributed by atoms with Crippen LogP contribution >= 0.6 is 0 Å². The molecule has 0 radical (unpaired) electrons. The number of anilines is 1. The number of carboxylic acid groups (broad SMARTS) is 1.